The van der Waals surface area contributed by atoms with Gasteiger partial charge in [0, 0.05) is 12.6 Å². The maximum atomic E-state index is 12.2. The van der Waals surface area contributed by atoms with Crippen molar-refractivity contribution >= 4 is 5.91 Å². The van der Waals surface area contributed by atoms with Crippen molar-refractivity contribution in [2.75, 3.05) is 6.54 Å². The molecule has 0 atom stereocenters. The molecule has 3 nitrogen and oxygen atoms in total. The van der Waals surface area contributed by atoms with Crippen molar-refractivity contribution in [2.45, 2.75) is 53.0 Å². The van der Waals surface area contributed by atoms with Gasteiger partial charge in [-0.1, -0.05) is 34.1 Å². The van der Waals surface area contributed by atoms with Crippen LogP contribution in [0.25, 0.3) is 0 Å². The van der Waals surface area contributed by atoms with Crippen molar-refractivity contribution in [3.05, 3.63) is 0 Å². The number of nitrogens with one attached hydrogen (secondary N) is 1. The molecule has 2 rings (SSSR count). The lowest BCUT2D eigenvalue weighted by Crippen LogP contribution is -2.51. The average Bonchev–Trinajstić information content (AvgIpc) is 2.47. The molecule has 2 aliphatic carbocycles. The van der Waals surface area contributed by atoms with Crippen molar-refractivity contribution in [2.24, 2.45) is 22.0 Å². The van der Waals surface area contributed by atoms with E-state index in [1.807, 2.05) is 0 Å². The average molecular weight is 224 g/mol. The first kappa shape index (κ1) is 11.9. The van der Waals surface area contributed by atoms with Crippen molar-refractivity contribution in [3.8, 4) is 0 Å². The van der Waals surface area contributed by atoms with E-state index in [-0.39, 0.29) is 22.2 Å². The summed E-state index contributed by atoms with van der Waals surface area (Å²) in [5.74, 6) is 0.185. The summed E-state index contributed by atoms with van der Waals surface area (Å²) in [7, 11) is 0. The molecule has 16 heavy (non-hydrogen) atoms. The number of hydrogen-bond donors (Lipinski definition) is 2. The molecule has 2 aliphatic rings. The van der Waals surface area contributed by atoms with Crippen LogP contribution in [0.2, 0.25) is 0 Å². The Morgan fingerprint density at radius 1 is 1.25 bits per heavy atom. The molecule has 92 valence electrons. The van der Waals surface area contributed by atoms with Gasteiger partial charge in [-0.15, -0.1) is 0 Å². The van der Waals surface area contributed by atoms with Gasteiger partial charge in [0.05, 0.1) is 5.41 Å². The zero-order chi connectivity index (χ0) is 12.2. The van der Waals surface area contributed by atoms with Crippen LogP contribution in [0.4, 0.5) is 0 Å². The molecule has 0 unspecified atom stereocenters. The van der Waals surface area contributed by atoms with Crippen LogP contribution in [0, 0.1) is 16.2 Å². The van der Waals surface area contributed by atoms with E-state index >= 15 is 0 Å². The zero-order valence-electron chi connectivity index (χ0n) is 10.9. The Labute approximate surface area is 98.2 Å². The smallest absolute Gasteiger partial charge is 0.227 e. The van der Waals surface area contributed by atoms with Crippen LogP contribution < -0.4 is 11.1 Å². The summed E-state index contributed by atoms with van der Waals surface area (Å²) >= 11 is 0. The number of carbonyl (C=O) groups excluding carboxylic acids is 1. The topological polar surface area (TPSA) is 55.1 Å². The number of rotatable bonds is 3. The Morgan fingerprint density at radius 3 is 2.00 bits per heavy atom. The summed E-state index contributed by atoms with van der Waals surface area (Å²) in [6.45, 7) is 9.36. The molecule has 0 aromatic carbocycles. The molecule has 3 N–H and O–H groups in total. The third kappa shape index (κ3) is 1.33. The van der Waals surface area contributed by atoms with E-state index in [1.54, 1.807) is 0 Å². The largest absolute Gasteiger partial charge is 0.352 e. The molecule has 0 spiro atoms. The van der Waals surface area contributed by atoms with Gasteiger partial charge in [-0.2, -0.15) is 0 Å². The predicted octanol–water partition coefficient (Wildman–Crippen LogP) is 1.67. The van der Waals surface area contributed by atoms with E-state index in [0.29, 0.717) is 12.6 Å². The van der Waals surface area contributed by atoms with Crippen LogP contribution >= 0.6 is 0 Å². The fourth-order valence-electron chi connectivity index (χ4n) is 2.97. The highest BCUT2D eigenvalue weighted by molar-refractivity contribution is 5.84. The van der Waals surface area contributed by atoms with Gasteiger partial charge in [-0.25, -0.2) is 0 Å². The molecular formula is C13H24N2O. The highest BCUT2D eigenvalue weighted by Gasteiger charge is 2.66. The maximum Gasteiger partial charge on any atom is 0.227 e. The number of amides is 1. The van der Waals surface area contributed by atoms with Crippen molar-refractivity contribution in [1.82, 2.24) is 5.32 Å². The van der Waals surface area contributed by atoms with Gasteiger partial charge in [-0.3, -0.25) is 4.79 Å². The predicted molar refractivity (Wildman–Crippen MR) is 64.8 cm³/mol. The van der Waals surface area contributed by atoms with Gasteiger partial charge in [0.15, 0.2) is 0 Å². The number of hydrogen-bond acceptors (Lipinski definition) is 2. The van der Waals surface area contributed by atoms with E-state index in [9.17, 15) is 4.79 Å². The zero-order valence-corrected chi connectivity index (χ0v) is 10.9. The second-order valence-corrected chi connectivity index (χ2v) is 6.69. The molecule has 0 radical (unpaired) electrons. The van der Waals surface area contributed by atoms with Crippen LogP contribution in [0.15, 0.2) is 0 Å². The van der Waals surface area contributed by atoms with E-state index < -0.39 is 0 Å². The molecule has 3 heteroatoms. The minimum Gasteiger partial charge on any atom is -0.352 e. The van der Waals surface area contributed by atoms with E-state index in [4.69, 9.17) is 5.73 Å². The Bertz CT molecular complexity index is 296. The SMILES string of the molecule is CC1(C)C(NC(=O)C2(CN)CCC2)C1(C)C. The fourth-order valence-corrected chi connectivity index (χ4v) is 2.97. The molecule has 0 bridgehead atoms. The van der Waals surface area contributed by atoms with E-state index in [1.165, 1.54) is 0 Å². The summed E-state index contributed by atoms with van der Waals surface area (Å²) in [6.07, 6.45) is 3.06. The number of carbonyl (C=O) groups is 1. The van der Waals surface area contributed by atoms with Crippen LogP contribution in [-0.2, 0) is 4.79 Å². The first-order valence-corrected chi connectivity index (χ1v) is 6.29. The van der Waals surface area contributed by atoms with Gasteiger partial charge in [-0.05, 0) is 23.7 Å². The summed E-state index contributed by atoms with van der Waals surface area (Å²) in [4.78, 5) is 12.2. The van der Waals surface area contributed by atoms with Gasteiger partial charge >= 0.3 is 0 Å². The Morgan fingerprint density at radius 2 is 1.75 bits per heavy atom. The lowest BCUT2D eigenvalue weighted by Gasteiger charge is -2.39. The first-order valence-electron chi connectivity index (χ1n) is 6.29. The second-order valence-electron chi connectivity index (χ2n) is 6.69. The lowest BCUT2D eigenvalue weighted by molar-refractivity contribution is -0.135. The Balaban J connectivity index is 2.00. The van der Waals surface area contributed by atoms with E-state index in [0.717, 1.165) is 19.3 Å². The van der Waals surface area contributed by atoms with Gasteiger partial charge in [0.1, 0.15) is 0 Å². The molecular weight excluding hydrogens is 200 g/mol. The third-order valence-electron chi connectivity index (χ3n) is 5.48. The standard InChI is InChI=1S/C13H24N2O/c1-11(2)9(12(11,3)4)15-10(16)13(8-14)6-5-7-13/h9H,5-8,14H2,1-4H3,(H,15,16). The normalized spacial score (nSPS) is 29.3. The molecule has 0 aromatic rings. The highest BCUT2D eigenvalue weighted by atomic mass is 16.2. The van der Waals surface area contributed by atoms with Crippen molar-refractivity contribution in [1.29, 1.82) is 0 Å². The van der Waals surface area contributed by atoms with Gasteiger partial charge < -0.3 is 11.1 Å². The molecule has 0 aliphatic heterocycles. The number of nitrogens with two attached hydrogens (primary N) is 1. The fraction of sp³-hybridized carbons (Fsp3) is 0.923. The Hall–Kier alpha value is -0.570. The molecule has 0 saturated heterocycles. The molecule has 0 aromatic heterocycles. The summed E-state index contributed by atoms with van der Waals surface area (Å²) in [5, 5.41) is 3.21. The first-order chi connectivity index (χ1) is 7.28. The third-order valence-corrected chi connectivity index (χ3v) is 5.48. The van der Waals surface area contributed by atoms with Crippen molar-refractivity contribution < 1.29 is 4.79 Å². The minimum absolute atomic E-state index is 0.185. The lowest BCUT2D eigenvalue weighted by atomic mass is 9.68. The maximum absolute atomic E-state index is 12.2. The summed E-state index contributed by atoms with van der Waals surface area (Å²) in [5.41, 5.74) is 5.92. The van der Waals surface area contributed by atoms with Gasteiger partial charge in [0.25, 0.3) is 0 Å². The second kappa shape index (κ2) is 3.22. The van der Waals surface area contributed by atoms with Crippen molar-refractivity contribution in [3.63, 3.8) is 0 Å². The van der Waals surface area contributed by atoms with Crippen LogP contribution in [-0.4, -0.2) is 18.5 Å². The quantitative estimate of drug-likeness (QED) is 0.766. The molecule has 2 saturated carbocycles. The Kier molecular flexibility index (Phi) is 2.40. The monoisotopic (exact) mass is 224 g/mol. The summed E-state index contributed by atoms with van der Waals surface area (Å²) < 4.78 is 0. The molecule has 1 amide bonds. The minimum atomic E-state index is -0.241. The van der Waals surface area contributed by atoms with Crippen LogP contribution in [0.1, 0.15) is 47.0 Å². The van der Waals surface area contributed by atoms with Crippen LogP contribution in [0.5, 0.6) is 0 Å². The van der Waals surface area contributed by atoms with Crippen LogP contribution in [0.3, 0.4) is 0 Å². The molecule has 0 heterocycles. The summed E-state index contributed by atoms with van der Waals surface area (Å²) in [6, 6.07) is 0.302. The molecule has 2 fully saturated rings. The van der Waals surface area contributed by atoms with E-state index in [2.05, 4.69) is 33.0 Å². The highest BCUT2D eigenvalue weighted by Crippen LogP contribution is 2.63. The van der Waals surface area contributed by atoms with Gasteiger partial charge in [0.2, 0.25) is 5.91 Å².